The van der Waals surface area contributed by atoms with Crippen molar-refractivity contribution in [2.24, 2.45) is 10.1 Å². The van der Waals surface area contributed by atoms with Crippen LogP contribution in [0.2, 0.25) is 0 Å². The largest absolute Gasteiger partial charge is 0.482 e. The molecule has 0 radical (unpaired) electrons. The summed E-state index contributed by atoms with van der Waals surface area (Å²) in [5, 5.41) is 10.0. The normalized spacial score (nSPS) is 16.5. The first-order valence-electron chi connectivity index (χ1n) is 10.6. The Hall–Kier alpha value is -3.19. The second kappa shape index (κ2) is 8.89. The van der Waals surface area contributed by atoms with Gasteiger partial charge in [-0.1, -0.05) is 36.8 Å². The number of aromatic nitrogens is 1. The van der Waals surface area contributed by atoms with Gasteiger partial charge in [-0.15, -0.1) is 11.3 Å². The van der Waals surface area contributed by atoms with Crippen LogP contribution in [0.15, 0.2) is 64.0 Å². The highest BCUT2D eigenvalue weighted by molar-refractivity contribution is 7.07. The lowest BCUT2D eigenvalue weighted by Crippen LogP contribution is -2.25. The number of hydrogen-bond donors (Lipinski definition) is 1. The molecule has 7 heteroatoms. The van der Waals surface area contributed by atoms with Crippen LogP contribution in [0.3, 0.4) is 0 Å². The molecule has 0 spiro atoms. The van der Waals surface area contributed by atoms with E-state index in [2.05, 4.69) is 22.8 Å². The van der Waals surface area contributed by atoms with E-state index in [1.165, 1.54) is 30.5 Å². The predicted octanol–water partition coefficient (Wildman–Crippen LogP) is 4.82. The number of hydrogen-bond acceptors (Lipinski definition) is 5. The molecule has 0 saturated heterocycles. The van der Waals surface area contributed by atoms with Crippen molar-refractivity contribution in [1.82, 2.24) is 4.68 Å². The predicted molar refractivity (Wildman–Crippen MR) is 123 cm³/mol. The molecule has 1 amide bonds. The lowest BCUT2D eigenvalue weighted by atomic mass is 9.99. The van der Waals surface area contributed by atoms with Crippen molar-refractivity contribution in [3.8, 4) is 17.0 Å². The van der Waals surface area contributed by atoms with Gasteiger partial charge in [-0.25, -0.2) is 4.68 Å². The van der Waals surface area contributed by atoms with Crippen molar-refractivity contribution >= 4 is 28.6 Å². The molecule has 2 heterocycles. The van der Waals surface area contributed by atoms with Crippen molar-refractivity contribution in [2.45, 2.75) is 38.6 Å². The van der Waals surface area contributed by atoms with Crippen LogP contribution in [0.4, 0.5) is 5.69 Å². The first-order valence-corrected chi connectivity index (χ1v) is 11.5. The summed E-state index contributed by atoms with van der Waals surface area (Å²) in [5.41, 5.74) is 5.03. The quantitative estimate of drug-likeness (QED) is 0.642. The van der Waals surface area contributed by atoms with Gasteiger partial charge in [0.25, 0.3) is 5.91 Å². The van der Waals surface area contributed by atoms with Crippen LogP contribution in [0.25, 0.3) is 11.3 Å². The Kier molecular flexibility index (Phi) is 5.67. The number of carbonyl (C=O) groups excluding carboxylic acids is 1. The molecule has 158 valence electrons. The number of fused-ring (bicyclic) bond motifs is 1. The van der Waals surface area contributed by atoms with E-state index in [-0.39, 0.29) is 12.5 Å². The second-order valence-corrected chi connectivity index (χ2v) is 8.63. The van der Waals surface area contributed by atoms with Crippen LogP contribution in [-0.2, 0) is 11.3 Å². The van der Waals surface area contributed by atoms with Gasteiger partial charge in [0, 0.05) is 16.7 Å². The molecule has 2 aliphatic rings. The lowest BCUT2D eigenvalue weighted by Gasteiger charge is -2.18. The van der Waals surface area contributed by atoms with Crippen molar-refractivity contribution < 1.29 is 9.53 Å². The smallest absolute Gasteiger partial charge is 0.262 e. The fraction of sp³-hybridized carbons (Fsp3) is 0.292. The molecule has 0 unspecified atom stereocenters. The molecule has 2 aromatic carbocycles. The minimum absolute atomic E-state index is 0.0565. The molecule has 1 N–H and O–H groups in total. The van der Waals surface area contributed by atoms with Crippen molar-refractivity contribution in [3.05, 3.63) is 64.3 Å². The highest BCUT2D eigenvalue weighted by Gasteiger charge is 2.18. The minimum Gasteiger partial charge on any atom is -0.482 e. The Balaban J connectivity index is 1.56. The minimum atomic E-state index is -0.135. The van der Waals surface area contributed by atoms with Gasteiger partial charge in [0.2, 0.25) is 4.80 Å². The van der Waals surface area contributed by atoms with E-state index in [9.17, 15) is 4.79 Å². The molecule has 1 aliphatic carbocycles. The average molecular weight is 433 g/mol. The van der Waals surface area contributed by atoms with E-state index in [4.69, 9.17) is 14.8 Å². The molecule has 0 bridgehead atoms. The van der Waals surface area contributed by atoms with Gasteiger partial charge >= 0.3 is 0 Å². The molecule has 5 rings (SSSR count). The van der Waals surface area contributed by atoms with Crippen LogP contribution in [0, 0.1) is 0 Å². The molecular formula is C24H24N4O2S. The van der Waals surface area contributed by atoms with Gasteiger partial charge in [-0.3, -0.25) is 9.79 Å². The summed E-state index contributed by atoms with van der Waals surface area (Å²) < 4.78 is 7.48. The maximum absolute atomic E-state index is 11.8. The summed E-state index contributed by atoms with van der Waals surface area (Å²) in [7, 11) is 0. The number of nitrogens with zero attached hydrogens (tertiary/aromatic N) is 3. The second-order valence-electron chi connectivity index (χ2n) is 7.79. The van der Waals surface area contributed by atoms with E-state index in [1.54, 1.807) is 11.3 Å². The molecule has 3 aromatic rings. The molecule has 0 atom stereocenters. The van der Waals surface area contributed by atoms with Gasteiger partial charge < -0.3 is 10.1 Å². The van der Waals surface area contributed by atoms with Gasteiger partial charge in [0.1, 0.15) is 5.75 Å². The lowest BCUT2D eigenvalue weighted by molar-refractivity contribution is -0.118. The number of benzene rings is 2. The van der Waals surface area contributed by atoms with Crippen LogP contribution in [0.5, 0.6) is 5.75 Å². The van der Waals surface area contributed by atoms with Crippen LogP contribution >= 0.6 is 11.3 Å². The third-order valence-corrected chi connectivity index (χ3v) is 6.36. The van der Waals surface area contributed by atoms with Gasteiger partial charge in [0.15, 0.2) is 6.61 Å². The van der Waals surface area contributed by atoms with E-state index in [0.717, 1.165) is 28.9 Å². The zero-order valence-corrected chi connectivity index (χ0v) is 18.0. The Labute approximate surface area is 184 Å². The summed E-state index contributed by atoms with van der Waals surface area (Å²) in [4.78, 5) is 17.5. The van der Waals surface area contributed by atoms with E-state index >= 15 is 0 Å². The van der Waals surface area contributed by atoms with Gasteiger partial charge in [-0.2, -0.15) is 5.10 Å². The van der Waals surface area contributed by atoms with Crippen LogP contribution in [0.1, 0.15) is 37.7 Å². The van der Waals surface area contributed by atoms with Gasteiger partial charge in [-0.05, 0) is 49.4 Å². The molecule has 1 aromatic heterocycles. The number of ether oxygens (including phenoxy) is 1. The first-order chi connectivity index (χ1) is 15.3. The maximum atomic E-state index is 11.8. The number of carbonyl (C=O) groups is 1. The third-order valence-electron chi connectivity index (χ3n) is 5.51. The molecule has 1 fully saturated rings. The zero-order valence-electron chi connectivity index (χ0n) is 17.2. The molecule has 1 saturated carbocycles. The summed E-state index contributed by atoms with van der Waals surface area (Å²) in [6, 6.07) is 16.1. The van der Waals surface area contributed by atoms with E-state index < -0.39 is 0 Å². The maximum Gasteiger partial charge on any atom is 0.262 e. The highest BCUT2D eigenvalue weighted by Crippen LogP contribution is 2.33. The molecule has 6 nitrogen and oxygen atoms in total. The van der Waals surface area contributed by atoms with Crippen molar-refractivity contribution in [1.29, 1.82) is 0 Å². The Morgan fingerprint density at radius 3 is 2.74 bits per heavy atom. The number of nitrogens with one attached hydrogen (secondary N) is 1. The number of amides is 1. The fourth-order valence-corrected chi connectivity index (χ4v) is 4.72. The Morgan fingerprint density at radius 1 is 1.06 bits per heavy atom. The summed E-state index contributed by atoms with van der Waals surface area (Å²) in [6.07, 6.45) is 5.73. The van der Waals surface area contributed by atoms with Crippen LogP contribution in [-0.4, -0.2) is 22.9 Å². The third kappa shape index (κ3) is 4.46. The standard InChI is InChI=1S/C24H24N4O2S/c29-23-15-30-22-12-11-18(13-20(22)26-23)21-16-31-24(25-14-17-7-3-1-4-8-17)28(21)27-19-9-5-2-6-10-19/h1,3-4,7-8,11-13,16H,2,5-6,9-10,14-15H2,(H,26,29). The van der Waals surface area contributed by atoms with E-state index in [0.29, 0.717) is 18.0 Å². The number of rotatable bonds is 4. The SMILES string of the molecule is O=C1COc2ccc(-c3csc(=NCc4ccccc4)n3N=C3CCCCC3)cc2N1. The molecular weight excluding hydrogens is 408 g/mol. The Morgan fingerprint density at radius 2 is 1.90 bits per heavy atom. The summed E-state index contributed by atoms with van der Waals surface area (Å²) >= 11 is 1.59. The van der Waals surface area contributed by atoms with Gasteiger partial charge in [0.05, 0.1) is 17.9 Å². The first kappa shape index (κ1) is 19.8. The Bertz CT molecular complexity index is 1190. The number of anilines is 1. The monoisotopic (exact) mass is 432 g/mol. The average Bonchev–Trinajstić information content (AvgIpc) is 3.21. The van der Waals surface area contributed by atoms with Crippen molar-refractivity contribution in [3.63, 3.8) is 0 Å². The molecule has 31 heavy (non-hydrogen) atoms. The van der Waals surface area contributed by atoms with Crippen molar-refractivity contribution in [2.75, 3.05) is 11.9 Å². The van der Waals surface area contributed by atoms with Crippen LogP contribution < -0.4 is 14.9 Å². The summed E-state index contributed by atoms with van der Waals surface area (Å²) in [6.45, 7) is 0.667. The highest BCUT2D eigenvalue weighted by atomic mass is 32.1. The zero-order chi connectivity index (χ0) is 21.0. The molecule has 1 aliphatic heterocycles. The fourth-order valence-electron chi connectivity index (χ4n) is 3.89. The number of thiazole rings is 1. The van der Waals surface area contributed by atoms with E-state index in [1.807, 2.05) is 41.1 Å². The summed E-state index contributed by atoms with van der Waals surface area (Å²) in [5.74, 6) is 0.557. The topological polar surface area (TPSA) is 68.0 Å².